The lowest BCUT2D eigenvalue weighted by Crippen LogP contribution is -1.97. The number of pyridine rings is 2. The van der Waals surface area contributed by atoms with Crippen molar-refractivity contribution in [1.29, 1.82) is 0 Å². The summed E-state index contributed by atoms with van der Waals surface area (Å²) in [6.07, 6.45) is 5.54. The number of thiophene rings is 1. The molecule has 0 amide bonds. The maximum absolute atomic E-state index is 5.34. The van der Waals surface area contributed by atoms with Gasteiger partial charge < -0.3 is 0 Å². The third kappa shape index (κ3) is 6.63. The third-order valence-electron chi connectivity index (χ3n) is 11.0. The topological polar surface area (TPSA) is 51.6 Å². The van der Waals surface area contributed by atoms with E-state index >= 15 is 0 Å². The number of benzene rings is 7. The first-order valence-electron chi connectivity index (χ1n) is 19.7. The monoisotopic (exact) mass is 770 g/mol. The minimum atomic E-state index is 0.660. The Hall–Kier alpha value is -7.60. The van der Waals surface area contributed by atoms with Crippen LogP contribution >= 0.6 is 11.3 Å². The average molecular weight is 771 g/mol. The van der Waals surface area contributed by atoms with Gasteiger partial charge in [0.15, 0.2) is 5.82 Å². The summed E-state index contributed by atoms with van der Waals surface area (Å²) in [6, 6.07) is 66.7. The highest BCUT2D eigenvalue weighted by Gasteiger charge is 2.17. The predicted octanol–water partition coefficient (Wildman–Crippen LogP) is 14.5. The second-order valence-corrected chi connectivity index (χ2v) is 15.8. The zero-order valence-electron chi connectivity index (χ0n) is 31.8. The quantitative estimate of drug-likeness (QED) is 0.162. The van der Waals surface area contributed by atoms with E-state index in [0.717, 1.165) is 67.2 Å². The number of nitrogens with zero attached hydrogens (tertiary/aromatic N) is 4. The fourth-order valence-electron chi connectivity index (χ4n) is 8.10. The van der Waals surface area contributed by atoms with Crippen LogP contribution in [0.1, 0.15) is 0 Å². The molecule has 4 aromatic heterocycles. The Balaban J connectivity index is 1.16. The number of rotatable bonds is 7. The Bertz CT molecular complexity index is 3260. The van der Waals surface area contributed by atoms with Gasteiger partial charge in [-0.1, -0.05) is 109 Å². The zero-order valence-corrected chi connectivity index (χ0v) is 32.6. The smallest absolute Gasteiger partial charge is 0.160 e. The van der Waals surface area contributed by atoms with Gasteiger partial charge in [-0.3, -0.25) is 9.97 Å². The van der Waals surface area contributed by atoms with Crippen molar-refractivity contribution in [3.8, 4) is 78.5 Å². The summed E-state index contributed by atoms with van der Waals surface area (Å²) in [5.41, 5.74) is 13.1. The van der Waals surface area contributed by atoms with Crippen LogP contribution in [-0.4, -0.2) is 19.9 Å². The van der Waals surface area contributed by atoms with Gasteiger partial charge in [0.2, 0.25) is 0 Å². The van der Waals surface area contributed by atoms with Crippen LogP contribution in [0.15, 0.2) is 207 Å². The molecule has 276 valence electrons. The molecule has 0 aliphatic heterocycles. The van der Waals surface area contributed by atoms with Crippen molar-refractivity contribution in [2.24, 2.45) is 0 Å². The number of hydrogen-bond acceptors (Lipinski definition) is 5. The number of fused-ring (bicyclic) bond motifs is 4. The van der Waals surface area contributed by atoms with E-state index in [-0.39, 0.29) is 0 Å². The van der Waals surface area contributed by atoms with Crippen LogP contribution in [0, 0.1) is 0 Å². The summed E-state index contributed by atoms with van der Waals surface area (Å²) in [6.45, 7) is 0. The third-order valence-corrected chi connectivity index (χ3v) is 12.1. The van der Waals surface area contributed by atoms with Gasteiger partial charge in [0.25, 0.3) is 0 Å². The molecule has 0 atom stereocenters. The maximum atomic E-state index is 5.34. The van der Waals surface area contributed by atoms with Crippen molar-refractivity contribution >= 4 is 42.3 Å². The molecule has 59 heavy (non-hydrogen) atoms. The Morgan fingerprint density at radius 1 is 0.339 bits per heavy atom. The predicted molar refractivity (Wildman–Crippen MR) is 246 cm³/mol. The second-order valence-electron chi connectivity index (χ2n) is 14.7. The van der Waals surface area contributed by atoms with Crippen LogP contribution in [0.4, 0.5) is 0 Å². The fourth-order valence-corrected chi connectivity index (χ4v) is 9.18. The molecule has 0 aliphatic carbocycles. The number of aromatic nitrogens is 4. The lowest BCUT2D eigenvalue weighted by molar-refractivity contribution is 1.18. The van der Waals surface area contributed by atoms with Crippen LogP contribution in [0.5, 0.6) is 0 Å². The van der Waals surface area contributed by atoms with Gasteiger partial charge in [-0.05, 0) is 117 Å². The molecule has 0 spiro atoms. The van der Waals surface area contributed by atoms with E-state index in [0.29, 0.717) is 5.82 Å². The summed E-state index contributed by atoms with van der Waals surface area (Å²) >= 11 is 1.84. The lowest BCUT2D eigenvalue weighted by Gasteiger charge is -2.15. The standard InChI is InChI=1S/C54H34N4S/c1-2-13-36(14-3-1)54-57-50(33-51(58-54)44-29-40(38-16-11-24-55-34-38)28-42(31-44)49-20-8-9-25-56-49)43-27-39(26-41(30-43)46-19-10-15-35-12-4-5-17-45(35)46)37-22-23-53-48(32-37)47-18-6-7-21-52(47)59-53/h1-34H. The molecule has 5 heteroatoms. The van der Waals surface area contributed by atoms with Gasteiger partial charge in [-0.15, -0.1) is 11.3 Å². The van der Waals surface area contributed by atoms with Crippen molar-refractivity contribution in [3.63, 3.8) is 0 Å². The zero-order chi connectivity index (χ0) is 39.1. The molecule has 0 radical (unpaired) electrons. The van der Waals surface area contributed by atoms with Gasteiger partial charge in [-0.2, -0.15) is 0 Å². The lowest BCUT2D eigenvalue weighted by atomic mass is 9.91. The van der Waals surface area contributed by atoms with Crippen molar-refractivity contribution in [2.45, 2.75) is 0 Å². The molecular weight excluding hydrogens is 737 g/mol. The van der Waals surface area contributed by atoms with E-state index in [9.17, 15) is 0 Å². The minimum absolute atomic E-state index is 0.660. The highest BCUT2D eigenvalue weighted by Crippen LogP contribution is 2.41. The van der Waals surface area contributed by atoms with E-state index in [1.165, 1.54) is 36.5 Å². The van der Waals surface area contributed by atoms with Crippen molar-refractivity contribution in [1.82, 2.24) is 19.9 Å². The van der Waals surface area contributed by atoms with Gasteiger partial charge in [0.05, 0.1) is 17.1 Å². The summed E-state index contributed by atoms with van der Waals surface area (Å²) in [5, 5.41) is 4.97. The first-order valence-corrected chi connectivity index (χ1v) is 20.5. The summed E-state index contributed by atoms with van der Waals surface area (Å²) < 4.78 is 2.58. The summed E-state index contributed by atoms with van der Waals surface area (Å²) in [7, 11) is 0. The molecule has 11 rings (SSSR count). The Labute approximate surface area is 345 Å². The van der Waals surface area contributed by atoms with Gasteiger partial charge >= 0.3 is 0 Å². The summed E-state index contributed by atoms with van der Waals surface area (Å²) in [5.74, 6) is 0.660. The fraction of sp³-hybridized carbons (Fsp3) is 0. The van der Waals surface area contributed by atoms with E-state index in [4.69, 9.17) is 15.0 Å². The highest BCUT2D eigenvalue weighted by atomic mass is 32.1. The Morgan fingerprint density at radius 2 is 0.983 bits per heavy atom. The number of hydrogen-bond donors (Lipinski definition) is 0. The van der Waals surface area contributed by atoms with Crippen molar-refractivity contribution < 1.29 is 0 Å². The highest BCUT2D eigenvalue weighted by molar-refractivity contribution is 7.25. The first kappa shape index (κ1) is 34.6. The molecule has 0 unspecified atom stereocenters. The SMILES string of the molecule is c1ccc(-c2nc(-c3cc(-c4cccnc4)cc(-c4ccccn4)c3)cc(-c3cc(-c4ccc5sc6ccccc6c5c4)cc(-c4cccc5ccccc45)c3)n2)cc1. The normalized spacial score (nSPS) is 11.4. The molecule has 0 saturated carbocycles. The van der Waals surface area contributed by atoms with Crippen LogP contribution in [0.2, 0.25) is 0 Å². The van der Waals surface area contributed by atoms with E-state index in [1.54, 1.807) is 6.20 Å². The van der Waals surface area contributed by atoms with Crippen molar-refractivity contribution in [3.05, 3.63) is 207 Å². The molecule has 11 aromatic rings. The van der Waals surface area contributed by atoms with Crippen LogP contribution in [0.25, 0.3) is 109 Å². The molecule has 4 nitrogen and oxygen atoms in total. The Morgan fingerprint density at radius 3 is 1.78 bits per heavy atom. The van der Waals surface area contributed by atoms with Gasteiger partial charge in [0.1, 0.15) is 0 Å². The molecule has 0 fully saturated rings. The van der Waals surface area contributed by atoms with E-state index < -0.39 is 0 Å². The van der Waals surface area contributed by atoms with E-state index in [1.807, 2.05) is 66.2 Å². The van der Waals surface area contributed by atoms with Crippen molar-refractivity contribution in [2.75, 3.05) is 0 Å². The molecule has 0 aliphatic rings. The first-order chi connectivity index (χ1) is 29.2. The molecule has 0 bridgehead atoms. The molecule has 4 heterocycles. The van der Waals surface area contributed by atoms with Crippen LogP contribution < -0.4 is 0 Å². The van der Waals surface area contributed by atoms with Crippen LogP contribution in [-0.2, 0) is 0 Å². The van der Waals surface area contributed by atoms with Crippen LogP contribution in [0.3, 0.4) is 0 Å². The Kier molecular flexibility index (Phi) is 8.64. The molecular formula is C54H34N4S. The molecule has 7 aromatic carbocycles. The maximum Gasteiger partial charge on any atom is 0.160 e. The average Bonchev–Trinajstić information content (AvgIpc) is 3.70. The van der Waals surface area contributed by atoms with E-state index in [2.05, 4.69) is 151 Å². The molecule has 0 N–H and O–H groups in total. The minimum Gasteiger partial charge on any atom is -0.264 e. The van der Waals surface area contributed by atoms with Gasteiger partial charge in [0, 0.05) is 66.6 Å². The second kappa shape index (κ2) is 14.7. The van der Waals surface area contributed by atoms with Gasteiger partial charge in [-0.25, -0.2) is 9.97 Å². The summed E-state index contributed by atoms with van der Waals surface area (Å²) in [4.78, 5) is 19.8. The largest absolute Gasteiger partial charge is 0.264 e. The molecule has 0 saturated heterocycles.